The summed E-state index contributed by atoms with van der Waals surface area (Å²) in [5, 5.41) is 3.81. The Morgan fingerprint density at radius 1 is 1.11 bits per heavy atom. The summed E-state index contributed by atoms with van der Waals surface area (Å²) >= 11 is 0. The van der Waals surface area contributed by atoms with Crippen LogP contribution in [-0.4, -0.2) is 12.6 Å². The minimum atomic E-state index is 0.450. The Morgan fingerprint density at radius 2 is 1.83 bits per heavy atom. The highest BCUT2D eigenvalue weighted by atomic mass is 14.9. The predicted molar refractivity (Wildman–Crippen MR) is 79.0 cm³/mol. The third-order valence-electron chi connectivity index (χ3n) is 4.29. The van der Waals surface area contributed by atoms with Gasteiger partial charge in [-0.3, -0.25) is 0 Å². The van der Waals surface area contributed by atoms with Crippen molar-refractivity contribution in [2.45, 2.75) is 63.8 Å². The molecule has 1 atom stereocenters. The molecule has 1 heteroatoms. The second kappa shape index (κ2) is 6.38. The van der Waals surface area contributed by atoms with Crippen LogP contribution in [0.5, 0.6) is 0 Å². The lowest BCUT2D eigenvalue weighted by Gasteiger charge is -2.29. The summed E-state index contributed by atoms with van der Waals surface area (Å²) in [6, 6.07) is 11.8. The lowest BCUT2D eigenvalue weighted by atomic mass is 9.85. The van der Waals surface area contributed by atoms with Gasteiger partial charge in [-0.15, -0.1) is 0 Å². The maximum atomic E-state index is 3.81. The molecule has 0 heterocycles. The fraction of sp³-hybridized carbons (Fsp3) is 0.647. The van der Waals surface area contributed by atoms with Gasteiger partial charge in [-0.1, -0.05) is 57.0 Å². The van der Waals surface area contributed by atoms with Gasteiger partial charge in [0.2, 0.25) is 0 Å². The zero-order valence-electron chi connectivity index (χ0n) is 11.9. The molecule has 1 nitrogen and oxygen atoms in total. The monoisotopic (exact) mass is 245 g/mol. The smallest absolute Gasteiger partial charge is 0.0164 e. The summed E-state index contributed by atoms with van der Waals surface area (Å²) in [4.78, 5) is 0. The van der Waals surface area contributed by atoms with Crippen LogP contribution >= 0.6 is 0 Å². The van der Waals surface area contributed by atoms with E-state index in [1.807, 2.05) is 0 Å². The molecule has 1 aliphatic carbocycles. The number of hydrogen-bond acceptors (Lipinski definition) is 1. The second-order valence-electron chi connectivity index (χ2n) is 5.67. The Kier molecular flexibility index (Phi) is 4.82. The average molecular weight is 245 g/mol. The van der Waals surface area contributed by atoms with Crippen molar-refractivity contribution in [2.75, 3.05) is 6.54 Å². The summed E-state index contributed by atoms with van der Waals surface area (Å²) < 4.78 is 0. The summed E-state index contributed by atoms with van der Waals surface area (Å²) in [7, 11) is 0. The van der Waals surface area contributed by atoms with Gasteiger partial charge in [-0.2, -0.15) is 0 Å². The van der Waals surface area contributed by atoms with Crippen molar-refractivity contribution in [3.05, 3.63) is 35.9 Å². The van der Waals surface area contributed by atoms with Crippen LogP contribution in [0.1, 0.15) is 57.9 Å². The lowest BCUT2D eigenvalue weighted by molar-refractivity contribution is 0.382. The first-order chi connectivity index (χ1) is 8.83. The Morgan fingerprint density at radius 3 is 2.39 bits per heavy atom. The van der Waals surface area contributed by atoms with E-state index in [1.165, 1.54) is 38.5 Å². The first-order valence-electron chi connectivity index (χ1n) is 7.62. The minimum Gasteiger partial charge on any atom is -0.313 e. The molecule has 1 unspecified atom stereocenters. The zero-order valence-corrected chi connectivity index (χ0v) is 11.9. The molecule has 1 fully saturated rings. The Hall–Kier alpha value is -0.820. The lowest BCUT2D eigenvalue weighted by Crippen LogP contribution is -2.40. The molecular formula is C17H27N. The van der Waals surface area contributed by atoms with Gasteiger partial charge in [0.25, 0.3) is 0 Å². The van der Waals surface area contributed by atoms with Crippen LogP contribution in [0.3, 0.4) is 0 Å². The van der Waals surface area contributed by atoms with Crippen LogP contribution in [0, 0.1) is 0 Å². The molecule has 1 aromatic rings. The van der Waals surface area contributed by atoms with Gasteiger partial charge in [-0.25, -0.2) is 0 Å². The van der Waals surface area contributed by atoms with Crippen LogP contribution in [-0.2, 0) is 5.41 Å². The maximum absolute atomic E-state index is 3.81. The quantitative estimate of drug-likeness (QED) is 0.721. The number of rotatable bonds is 8. The molecule has 2 rings (SSSR count). The molecule has 18 heavy (non-hydrogen) atoms. The highest BCUT2D eigenvalue weighted by Crippen LogP contribution is 2.52. The topological polar surface area (TPSA) is 12.0 Å². The van der Waals surface area contributed by atoms with Gasteiger partial charge < -0.3 is 5.32 Å². The van der Waals surface area contributed by atoms with E-state index in [-0.39, 0.29) is 0 Å². The average Bonchev–Trinajstić information content (AvgIpc) is 3.21. The molecule has 0 bridgehead atoms. The van der Waals surface area contributed by atoms with Gasteiger partial charge >= 0.3 is 0 Å². The SMILES string of the molecule is CCCCC(NCCC)C1(c2ccccc2)CC1. The van der Waals surface area contributed by atoms with E-state index in [4.69, 9.17) is 0 Å². The van der Waals surface area contributed by atoms with E-state index in [9.17, 15) is 0 Å². The van der Waals surface area contributed by atoms with Crippen molar-refractivity contribution in [3.63, 3.8) is 0 Å². The number of unbranched alkanes of at least 4 members (excludes halogenated alkanes) is 1. The maximum Gasteiger partial charge on any atom is 0.0164 e. The Balaban J connectivity index is 2.08. The van der Waals surface area contributed by atoms with Crippen LogP contribution in [0.4, 0.5) is 0 Å². The van der Waals surface area contributed by atoms with Gasteiger partial charge in [0, 0.05) is 11.5 Å². The van der Waals surface area contributed by atoms with Crippen LogP contribution in [0.2, 0.25) is 0 Å². The van der Waals surface area contributed by atoms with Crippen molar-refractivity contribution in [1.82, 2.24) is 5.32 Å². The van der Waals surface area contributed by atoms with Crippen molar-refractivity contribution in [2.24, 2.45) is 0 Å². The van der Waals surface area contributed by atoms with E-state index in [0.717, 1.165) is 6.54 Å². The highest BCUT2D eigenvalue weighted by molar-refractivity contribution is 5.33. The molecule has 1 saturated carbocycles. The molecule has 1 aliphatic rings. The normalized spacial score (nSPS) is 18.6. The van der Waals surface area contributed by atoms with E-state index in [1.54, 1.807) is 5.56 Å². The van der Waals surface area contributed by atoms with Crippen molar-refractivity contribution in [1.29, 1.82) is 0 Å². The van der Waals surface area contributed by atoms with Crippen LogP contribution < -0.4 is 5.32 Å². The summed E-state index contributed by atoms with van der Waals surface area (Å²) in [6.45, 7) is 5.70. The molecule has 0 aliphatic heterocycles. The Bertz CT molecular complexity index is 332. The zero-order chi connectivity index (χ0) is 12.8. The van der Waals surface area contributed by atoms with Gasteiger partial charge in [-0.05, 0) is 37.8 Å². The van der Waals surface area contributed by atoms with Gasteiger partial charge in [0.15, 0.2) is 0 Å². The fourth-order valence-corrected chi connectivity index (χ4v) is 3.04. The van der Waals surface area contributed by atoms with E-state index in [0.29, 0.717) is 11.5 Å². The summed E-state index contributed by atoms with van der Waals surface area (Å²) in [5.41, 5.74) is 2.00. The Labute approximate surface area is 112 Å². The molecule has 0 aromatic heterocycles. The molecule has 1 aromatic carbocycles. The summed E-state index contributed by atoms with van der Waals surface area (Å²) in [6.07, 6.45) is 7.92. The standard InChI is InChI=1S/C17H27N/c1-3-5-11-16(18-14-4-2)17(12-13-17)15-9-7-6-8-10-15/h6-10,16,18H,3-5,11-14H2,1-2H3. The van der Waals surface area contributed by atoms with Crippen molar-refractivity contribution >= 4 is 0 Å². The highest BCUT2D eigenvalue weighted by Gasteiger charge is 2.49. The number of benzene rings is 1. The van der Waals surface area contributed by atoms with E-state index >= 15 is 0 Å². The second-order valence-corrected chi connectivity index (χ2v) is 5.67. The number of hydrogen-bond donors (Lipinski definition) is 1. The summed E-state index contributed by atoms with van der Waals surface area (Å²) in [5.74, 6) is 0. The fourth-order valence-electron chi connectivity index (χ4n) is 3.04. The largest absolute Gasteiger partial charge is 0.313 e. The molecule has 0 amide bonds. The molecule has 0 radical (unpaired) electrons. The first-order valence-corrected chi connectivity index (χ1v) is 7.62. The third-order valence-corrected chi connectivity index (χ3v) is 4.29. The van der Waals surface area contributed by atoms with E-state index in [2.05, 4.69) is 49.5 Å². The van der Waals surface area contributed by atoms with E-state index < -0.39 is 0 Å². The van der Waals surface area contributed by atoms with Crippen LogP contribution in [0.25, 0.3) is 0 Å². The molecular weight excluding hydrogens is 218 g/mol. The molecule has 0 spiro atoms. The van der Waals surface area contributed by atoms with Crippen LogP contribution in [0.15, 0.2) is 30.3 Å². The van der Waals surface area contributed by atoms with Crippen molar-refractivity contribution in [3.8, 4) is 0 Å². The van der Waals surface area contributed by atoms with Gasteiger partial charge in [0.1, 0.15) is 0 Å². The van der Waals surface area contributed by atoms with Gasteiger partial charge in [0.05, 0.1) is 0 Å². The number of nitrogens with one attached hydrogen (secondary N) is 1. The van der Waals surface area contributed by atoms with Crippen molar-refractivity contribution < 1.29 is 0 Å². The third kappa shape index (κ3) is 2.95. The first kappa shape index (κ1) is 13.6. The molecule has 0 saturated heterocycles. The minimum absolute atomic E-state index is 0.450. The predicted octanol–water partition coefficient (Wildman–Crippen LogP) is 4.28. The molecule has 100 valence electrons. The molecule has 1 N–H and O–H groups in total.